The molecule has 0 saturated carbocycles. The van der Waals surface area contributed by atoms with Crippen LogP contribution in [0.15, 0.2) is 10.9 Å². The van der Waals surface area contributed by atoms with Crippen molar-refractivity contribution < 1.29 is 27.9 Å². The van der Waals surface area contributed by atoms with Crippen LogP contribution in [-0.2, 0) is 4.79 Å². The van der Waals surface area contributed by atoms with E-state index in [1.54, 1.807) is 0 Å². The fourth-order valence-corrected chi connectivity index (χ4v) is 1.59. The molecule has 0 spiro atoms. The van der Waals surface area contributed by atoms with E-state index < -0.39 is 31.1 Å². The first kappa shape index (κ1) is 13.4. The lowest BCUT2D eigenvalue weighted by atomic mass is 10.3. The third-order valence-corrected chi connectivity index (χ3v) is 2.22. The zero-order valence-electron chi connectivity index (χ0n) is 8.27. The highest BCUT2D eigenvalue weighted by Crippen LogP contribution is 2.18. The van der Waals surface area contributed by atoms with Gasteiger partial charge in [-0.1, -0.05) is 0 Å². The van der Waals surface area contributed by atoms with E-state index in [4.69, 9.17) is 5.11 Å². The van der Waals surface area contributed by atoms with Crippen molar-refractivity contribution in [1.82, 2.24) is 9.88 Å². The molecule has 0 aromatic carbocycles. The van der Waals surface area contributed by atoms with Gasteiger partial charge in [-0.15, -0.1) is 11.3 Å². The Hall–Kier alpha value is -1.64. The van der Waals surface area contributed by atoms with E-state index in [0.29, 0.717) is 0 Å². The number of nitrogens with zero attached hydrogens (tertiary/aromatic N) is 2. The normalized spacial score (nSPS) is 11.2. The molecule has 0 aliphatic carbocycles. The van der Waals surface area contributed by atoms with Gasteiger partial charge in [0.1, 0.15) is 18.8 Å². The van der Waals surface area contributed by atoms with E-state index in [0.717, 1.165) is 11.3 Å². The average Bonchev–Trinajstić information content (AvgIpc) is 2.65. The summed E-state index contributed by atoms with van der Waals surface area (Å²) in [4.78, 5) is 25.6. The fourth-order valence-electron chi connectivity index (χ4n) is 1.06. The molecule has 0 radical (unpaired) electrons. The van der Waals surface area contributed by atoms with Crippen molar-refractivity contribution in [2.75, 3.05) is 13.1 Å². The molecule has 1 amide bonds. The second-order valence-electron chi connectivity index (χ2n) is 3.04. The Morgan fingerprint density at radius 2 is 2.12 bits per heavy atom. The number of amides is 1. The number of rotatable bonds is 4. The summed E-state index contributed by atoms with van der Waals surface area (Å²) in [6.07, 6.45) is -4.65. The lowest BCUT2D eigenvalue weighted by Crippen LogP contribution is -2.42. The fraction of sp³-hybridized carbons (Fsp3) is 0.375. The van der Waals surface area contributed by atoms with Crippen molar-refractivity contribution in [2.24, 2.45) is 0 Å². The van der Waals surface area contributed by atoms with Crippen LogP contribution in [0.1, 0.15) is 10.5 Å². The summed E-state index contributed by atoms with van der Waals surface area (Å²) < 4.78 is 36.5. The molecular weight excluding hydrogens is 261 g/mol. The Morgan fingerprint density at radius 3 is 2.53 bits per heavy atom. The summed E-state index contributed by atoms with van der Waals surface area (Å²) >= 11 is 1.03. The minimum atomic E-state index is -4.65. The van der Waals surface area contributed by atoms with E-state index >= 15 is 0 Å². The van der Waals surface area contributed by atoms with Crippen molar-refractivity contribution in [3.05, 3.63) is 16.6 Å². The Morgan fingerprint density at radius 1 is 1.47 bits per heavy atom. The Bertz CT molecular complexity index is 405. The highest BCUT2D eigenvalue weighted by molar-refractivity contribution is 7.07. The Labute approximate surface area is 97.5 Å². The molecular formula is C8H7F3N2O3S. The van der Waals surface area contributed by atoms with Crippen LogP contribution >= 0.6 is 11.3 Å². The summed E-state index contributed by atoms with van der Waals surface area (Å²) in [6, 6.07) is 0. The lowest BCUT2D eigenvalue weighted by Gasteiger charge is -2.20. The van der Waals surface area contributed by atoms with E-state index in [2.05, 4.69) is 4.98 Å². The van der Waals surface area contributed by atoms with Crippen LogP contribution in [0.5, 0.6) is 0 Å². The number of aromatic nitrogens is 1. The molecule has 0 unspecified atom stereocenters. The van der Waals surface area contributed by atoms with E-state index in [9.17, 15) is 22.8 Å². The third kappa shape index (κ3) is 4.39. The smallest absolute Gasteiger partial charge is 0.406 e. The van der Waals surface area contributed by atoms with Crippen molar-refractivity contribution in [3.63, 3.8) is 0 Å². The van der Waals surface area contributed by atoms with E-state index in [1.165, 1.54) is 10.9 Å². The Kier molecular flexibility index (Phi) is 4.05. The average molecular weight is 268 g/mol. The third-order valence-electron chi connectivity index (χ3n) is 1.63. The summed E-state index contributed by atoms with van der Waals surface area (Å²) in [5, 5.41) is 9.71. The molecule has 17 heavy (non-hydrogen) atoms. The maximum Gasteiger partial charge on any atom is 0.406 e. The van der Waals surface area contributed by atoms with Gasteiger partial charge in [0.2, 0.25) is 0 Å². The molecule has 1 heterocycles. The minimum absolute atomic E-state index is 0.192. The zero-order valence-corrected chi connectivity index (χ0v) is 9.09. The molecule has 5 nitrogen and oxygen atoms in total. The number of carbonyl (C=O) groups excluding carboxylic acids is 1. The topological polar surface area (TPSA) is 70.5 Å². The summed E-state index contributed by atoms with van der Waals surface area (Å²) in [5.41, 5.74) is 1.08. The first-order valence-corrected chi connectivity index (χ1v) is 5.20. The van der Waals surface area contributed by atoms with Gasteiger partial charge in [-0.2, -0.15) is 13.2 Å². The van der Waals surface area contributed by atoms with Gasteiger partial charge >= 0.3 is 12.1 Å². The zero-order chi connectivity index (χ0) is 13.1. The number of hydrogen-bond acceptors (Lipinski definition) is 4. The van der Waals surface area contributed by atoms with Crippen LogP contribution < -0.4 is 0 Å². The summed E-state index contributed by atoms with van der Waals surface area (Å²) in [5.74, 6) is -2.57. The number of carbonyl (C=O) groups is 2. The van der Waals surface area contributed by atoms with Gasteiger partial charge in [-0.05, 0) is 0 Å². The molecule has 0 fully saturated rings. The number of hydrogen-bond donors (Lipinski definition) is 1. The van der Waals surface area contributed by atoms with Crippen LogP contribution in [0.3, 0.4) is 0 Å². The highest BCUT2D eigenvalue weighted by Gasteiger charge is 2.34. The second kappa shape index (κ2) is 5.13. The van der Waals surface area contributed by atoms with Crippen LogP contribution in [0.2, 0.25) is 0 Å². The van der Waals surface area contributed by atoms with Crippen molar-refractivity contribution in [1.29, 1.82) is 0 Å². The van der Waals surface area contributed by atoms with Crippen LogP contribution in [0.4, 0.5) is 13.2 Å². The molecule has 1 rings (SSSR count). The molecule has 0 aliphatic heterocycles. The molecule has 0 bridgehead atoms. The molecule has 0 saturated heterocycles. The summed E-state index contributed by atoms with van der Waals surface area (Å²) in [6.45, 7) is -2.63. The quantitative estimate of drug-likeness (QED) is 0.891. The van der Waals surface area contributed by atoms with Crippen molar-refractivity contribution >= 4 is 23.2 Å². The number of aliphatic carboxylic acids is 1. The van der Waals surface area contributed by atoms with Gasteiger partial charge in [0.05, 0.1) is 5.51 Å². The number of alkyl halides is 3. The van der Waals surface area contributed by atoms with Gasteiger partial charge in [-0.3, -0.25) is 9.59 Å². The molecule has 1 N–H and O–H groups in total. The lowest BCUT2D eigenvalue weighted by molar-refractivity contribution is -0.149. The first-order chi connectivity index (χ1) is 7.79. The predicted octanol–water partition coefficient (Wildman–Crippen LogP) is 1.23. The standard InChI is InChI=1S/C8H7F3N2O3S/c9-8(10,11)3-13(1-6(14)15)7(16)5-2-17-4-12-5/h2,4H,1,3H2,(H,14,15). The molecule has 1 aromatic rings. The maximum atomic E-state index is 12.2. The number of carboxylic acid groups (broad SMARTS) is 1. The van der Waals surface area contributed by atoms with Crippen molar-refractivity contribution in [3.8, 4) is 0 Å². The summed E-state index contributed by atoms with van der Waals surface area (Å²) in [7, 11) is 0. The van der Waals surface area contributed by atoms with Crippen molar-refractivity contribution in [2.45, 2.75) is 6.18 Å². The molecule has 0 aliphatic rings. The Balaban J connectivity index is 2.83. The number of halogens is 3. The van der Waals surface area contributed by atoms with Gasteiger partial charge in [0.25, 0.3) is 5.91 Å². The molecule has 94 valence electrons. The van der Waals surface area contributed by atoms with E-state index in [-0.39, 0.29) is 10.6 Å². The van der Waals surface area contributed by atoms with Gasteiger partial charge in [0, 0.05) is 5.38 Å². The molecule has 9 heteroatoms. The largest absolute Gasteiger partial charge is 0.480 e. The molecule has 0 atom stereocenters. The van der Waals surface area contributed by atoms with Crippen LogP contribution in [0.25, 0.3) is 0 Å². The monoisotopic (exact) mass is 268 g/mol. The second-order valence-corrected chi connectivity index (χ2v) is 3.76. The number of carboxylic acids is 1. The number of thiazole rings is 1. The van der Waals surface area contributed by atoms with E-state index in [1.807, 2.05) is 0 Å². The van der Waals surface area contributed by atoms with Gasteiger partial charge in [-0.25, -0.2) is 4.98 Å². The van der Waals surface area contributed by atoms with Gasteiger partial charge < -0.3 is 10.0 Å². The van der Waals surface area contributed by atoms with Crippen LogP contribution in [0, 0.1) is 0 Å². The minimum Gasteiger partial charge on any atom is -0.480 e. The maximum absolute atomic E-state index is 12.2. The molecule has 1 aromatic heterocycles. The SMILES string of the molecule is O=C(O)CN(CC(F)(F)F)C(=O)c1cscn1. The van der Waals surface area contributed by atoms with Gasteiger partial charge in [0.15, 0.2) is 0 Å². The predicted molar refractivity (Wildman–Crippen MR) is 51.7 cm³/mol. The van der Waals surface area contributed by atoms with Crippen LogP contribution in [-0.4, -0.2) is 46.1 Å². The first-order valence-electron chi connectivity index (χ1n) is 4.25. The highest BCUT2D eigenvalue weighted by atomic mass is 32.1.